The molecule has 2 amide bonds. The molecule has 2 heterocycles. The van der Waals surface area contributed by atoms with Gasteiger partial charge in [0.1, 0.15) is 11.8 Å². The maximum atomic E-state index is 13.1. The molecule has 0 unspecified atom stereocenters. The summed E-state index contributed by atoms with van der Waals surface area (Å²) in [4.78, 5) is 27.4. The number of aromatic nitrogens is 2. The summed E-state index contributed by atoms with van der Waals surface area (Å²) in [7, 11) is 0. The summed E-state index contributed by atoms with van der Waals surface area (Å²) in [5.41, 5.74) is 0. The highest BCUT2D eigenvalue weighted by molar-refractivity contribution is 5.99. The van der Waals surface area contributed by atoms with Gasteiger partial charge in [0.05, 0.1) is 32.4 Å². The van der Waals surface area contributed by atoms with Gasteiger partial charge in [-0.1, -0.05) is 26.0 Å². The molecule has 1 aromatic heterocycles. The third-order valence-corrected chi connectivity index (χ3v) is 5.16. The lowest BCUT2D eigenvalue weighted by atomic mass is 10.0. The monoisotopic (exact) mass is 508 g/mol. The van der Waals surface area contributed by atoms with Crippen molar-refractivity contribution < 1.29 is 29.3 Å². The molecule has 0 spiro atoms. The molecule has 0 bridgehead atoms. The second-order valence-electron chi connectivity index (χ2n) is 8.45. The molecule has 0 saturated heterocycles. The van der Waals surface area contributed by atoms with Gasteiger partial charge in [0, 0.05) is 18.3 Å². The van der Waals surface area contributed by atoms with Crippen molar-refractivity contribution in [3.05, 3.63) is 48.4 Å². The van der Waals surface area contributed by atoms with Crippen LogP contribution in [0.25, 0.3) is 0 Å². The third-order valence-electron chi connectivity index (χ3n) is 5.16. The smallest absolute Gasteiger partial charge is 0.251 e. The Bertz CT molecular complexity index is 1020. The van der Waals surface area contributed by atoms with Crippen molar-refractivity contribution in [2.24, 2.45) is 5.92 Å². The summed E-state index contributed by atoms with van der Waals surface area (Å²) >= 11 is 0. The van der Waals surface area contributed by atoms with Gasteiger partial charge in [-0.25, -0.2) is 0 Å². The lowest BCUT2D eigenvalue weighted by molar-refractivity contribution is -0.133. The molecule has 0 fully saturated rings. The highest BCUT2D eigenvalue weighted by Crippen LogP contribution is 2.30. The van der Waals surface area contributed by atoms with Crippen molar-refractivity contribution in [3.63, 3.8) is 0 Å². The van der Waals surface area contributed by atoms with Gasteiger partial charge in [-0.05, 0) is 31.4 Å². The number of anilines is 1. The summed E-state index contributed by atoms with van der Waals surface area (Å²) in [6.45, 7) is 6.19. The first-order valence-electron chi connectivity index (χ1n) is 11.3. The van der Waals surface area contributed by atoms with Crippen LogP contribution in [-0.2, 0) is 16.1 Å². The van der Waals surface area contributed by atoms with Gasteiger partial charge < -0.3 is 29.9 Å². The van der Waals surface area contributed by atoms with E-state index in [1.54, 1.807) is 24.4 Å². The molecule has 0 aliphatic carbocycles. The number of rotatable bonds is 12. The van der Waals surface area contributed by atoms with Crippen molar-refractivity contribution >= 4 is 30.0 Å². The van der Waals surface area contributed by atoms with Crippen LogP contribution < -0.4 is 14.8 Å². The average Bonchev–Trinajstić information content (AvgIpc) is 3.38. The Morgan fingerprint density at radius 2 is 1.94 bits per heavy atom. The number of benzene rings is 1. The number of aliphatic hydroxyl groups is 2. The van der Waals surface area contributed by atoms with Crippen molar-refractivity contribution in [2.75, 3.05) is 25.1 Å². The first kappa shape index (κ1) is 28.2. The molecule has 1 aliphatic rings. The second-order valence-corrected chi connectivity index (χ2v) is 8.45. The third kappa shape index (κ3) is 7.71. The minimum absolute atomic E-state index is 0. The molecule has 0 radical (unpaired) electrons. The van der Waals surface area contributed by atoms with E-state index >= 15 is 0 Å². The summed E-state index contributed by atoms with van der Waals surface area (Å²) in [5, 5.41) is 25.5. The molecule has 3 rings (SSSR count). The van der Waals surface area contributed by atoms with E-state index in [0.717, 1.165) is 0 Å². The first-order valence-corrected chi connectivity index (χ1v) is 11.3. The number of halogens is 1. The van der Waals surface area contributed by atoms with E-state index < -0.39 is 12.1 Å². The highest BCUT2D eigenvalue weighted by atomic mass is 35.5. The Labute approximate surface area is 210 Å². The molecular weight excluding hydrogens is 476 g/mol. The number of ether oxygens (including phenoxy) is 2. The number of amides is 2. The second kappa shape index (κ2) is 13.1. The summed E-state index contributed by atoms with van der Waals surface area (Å²) in [6, 6.07) is 8.09. The van der Waals surface area contributed by atoms with Gasteiger partial charge >= 0.3 is 0 Å². The molecule has 192 valence electrons. The van der Waals surface area contributed by atoms with Crippen LogP contribution in [0.15, 0.2) is 48.4 Å². The van der Waals surface area contributed by atoms with Crippen LogP contribution >= 0.6 is 12.4 Å². The number of carbonyl (C=O) groups is 2. The fourth-order valence-electron chi connectivity index (χ4n) is 3.62. The number of hydrogen-bond donors (Lipinski definition) is 3. The standard InChI is InChI=1S/C24H32N4O6.ClH/c1-4-33-20-7-5-6-8-21(20)34-18-12-23(31)28(14-18)19(11-16(2)3)24(32)25-22-9-10-27(26-22)13-17(30)15-29;/h5-10,12,16-17,19,29-30H,4,11,13-15H2,1-3H3,(H,25,26,32);1H/t17-,19+;/m1./s1. The normalized spacial score (nSPS) is 14.9. The molecule has 3 N–H and O–H groups in total. The van der Waals surface area contributed by atoms with Gasteiger partial charge in [0.15, 0.2) is 17.3 Å². The zero-order valence-electron chi connectivity index (χ0n) is 20.1. The number of aliphatic hydroxyl groups excluding tert-OH is 2. The SMILES string of the molecule is CCOc1ccccc1OC1=CC(=O)N([C@@H](CC(C)C)C(=O)Nc2ccn(C[C@@H](O)CO)n2)C1.Cl. The number of carbonyl (C=O) groups excluding carboxylic acids is 2. The lowest BCUT2D eigenvalue weighted by Crippen LogP contribution is -2.46. The quantitative estimate of drug-likeness (QED) is 0.401. The van der Waals surface area contributed by atoms with E-state index in [4.69, 9.17) is 14.6 Å². The first-order chi connectivity index (χ1) is 16.3. The van der Waals surface area contributed by atoms with E-state index in [9.17, 15) is 14.7 Å². The van der Waals surface area contributed by atoms with Crippen molar-refractivity contribution in [1.29, 1.82) is 0 Å². The highest BCUT2D eigenvalue weighted by Gasteiger charge is 2.35. The predicted octanol–water partition coefficient (Wildman–Crippen LogP) is 2.22. The number of nitrogens with one attached hydrogen (secondary N) is 1. The van der Waals surface area contributed by atoms with Crippen LogP contribution in [-0.4, -0.2) is 68.6 Å². The van der Waals surface area contributed by atoms with E-state index in [1.165, 1.54) is 15.7 Å². The van der Waals surface area contributed by atoms with Gasteiger partial charge in [0.25, 0.3) is 5.91 Å². The lowest BCUT2D eigenvalue weighted by Gasteiger charge is -2.28. The molecule has 1 aromatic carbocycles. The fourth-order valence-corrected chi connectivity index (χ4v) is 3.62. The van der Waals surface area contributed by atoms with Crippen molar-refractivity contribution in [1.82, 2.24) is 14.7 Å². The zero-order chi connectivity index (χ0) is 24.7. The van der Waals surface area contributed by atoms with Gasteiger partial charge in [-0.3, -0.25) is 14.3 Å². The molecule has 35 heavy (non-hydrogen) atoms. The predicted molar refractivity (Wildman–Crippen MR) is 132 cm³/mol. The van der Waals surface area contributed by atoms with Gasteiger partial charge in [0.2, 0.25) is 5.91 Å². The maximum Gasteiger partial charge on any atom is 0.251 e. The van der Waals surface area contributed by atoms with Crippen LogP contribution in [0, 0.1) is 5.92 Å². The number of hydrogen-bond acceptors (Lipinski definition) is 7. The van der Waals surface area contributed by atoms with Crippen LogP contribution in [0.2, 0.25) is 0 Å². The molecule has 11 heteroatoms. The zero-order valence-corrected chi connectivity index (χ0v) is 20.9. The van der Waals surface area contributed by atoms with E-state index in [0.29, 0.717) is 36.1 Å². The summed E-state index contributed by atoms with van der Waals surface area (Å²) in [5.74, 6) is 1.30. The number of nitrogens with zero attached hydrogens (tertiary/aromatic N) is 3. The van der Waals surface area contributed by atoms with Gasteiger partial charge in [-0.15, -0.1) is 12.4 Å². The van der Waals surface area contributed by atoms with E-state index in [2.05, 4.69) is 10.4 Å². The molecular formula is C24H33ClN4O6. The van der Waals surface area contributed by atoms with E-state index in [-0.39, 0.29) is 49.8 Å². The van der Waals surface area contributed by atoms with E-state index in [1.807, 2.05) is 32.9 Å². The minimum Gasteiger partial charge on any atom is -0.490 e. The molecule has 10 nitrogen and oxygen atoms in total. The van der Waals surface area contributed by atoms with Crippen LogP contribution in [0.3, 0.4) is 0 Å². The Balaban J connectivity index is 0.00000432. The summed E-state index contributed by atoms with van der Waals surface area (Å²) < 4.78 is 13.0. The van der Waals surface area contributed by atoms with Crippen molar-refractivity contribution in [2.45, 2.75) is 45.9 Å². The molecule has 2 aromatic rings. The Morgan fingerprint density at radius 3 is 2.60 bits per heavy atom. The molecule has 2 atom stereocenters. The Kier molecular flexibility index (Phi) is 10.6. The Hall–Kier alpha value is -3.08. The van der Waals surface area contributed by atoms with Crippen LogP contribution in [0.1, 0.15) is 27.2 Å². The van der Waals surface area contributed by atoms with Crippen LogP contribution in [0.4, 0.5) is 5.82 Å². The average molecular weight is 509 g/mol. The van der Waals surface area contributed by atoms with Crippen LogP contribution in [0.5, 0.6) is 11.5 Å². The maximum absolute atomic E-state index is 13.1. The van der Waals surface area contributed by atoms with Gasteiger partial charge in [-0.2, -0.15) is 5.10 Å². The fraction of sp³-hybridized carbons (Fsp3) is 0.458. The van der Waals surface area contributed by atoms with Crippen molar-refractivity contribution in [3.8, 4) is 11.5 Å². The number of para-hydroxylation sites is 2. The molecule has 1 aliphatic heterocycles. The summed E-state index contributed by atoms with van der Waals surface area (Å²) in [6.07, 6.45) is 2.50. The Morgan fingerprint density at radius 1 is 1.23 bits per heavy atom. The molecule has 0 saturated carbocycles. The minimum atomic E-state index is -0.947. The largest absolute Gasteiger partial charge is 0.490 e. The topological polar surface area (TPSA) is 126 Å².